The van der Waals surface area contributed by atoms with E-state index in [0.717, 1.165) is 55.4 Å². The fraction of sp³-hybridized carbons (Fsp3) is 0.654. The highest BCUT2D eigenvalue weighted by molar-refractivity contribution is 5.76. The van der Waals surface area contributed by atoms with E-state index in [-0.39, 0.29) is 29.9 Å². The van der Waals surface area contributed by atoms with Gasteiger partial charge in [0.2, 0.25) is 5.91 Å². The van der Waals surface area contributed by atoms with Crippen LogP contribution >= 0.6 is 0 Å². The minimum absolute atomic E-state index is 0.0257. The zero-order chi connectivity index (χ0) is 22.4. The predicted octanol–water partition coefficient (Wildman–Crippen LogP) is 4.26. The van der Waals surface area contributed by atoms with Crippen LogP contribution in [0.1, 0.15) is 82.8 Å². The van der Waals surface area contributed by atoms with E-state index in [1.54, 1.807) is 0 Å². The van der Waals surface area contributed by atoms with Crippen LogP contribution in [0.3, 0.4) is 0 Å². The number of fused-ring (bicyclic) bond motifs is 3. The van der Waals surface area contributed by atoms with Crippen LogP contribution < -0.4 is 10.1 Å². The molecule has 0 saturated heterocycles. The van der Waals surface area contributed by atoms with Crippen molar-refractivity contribution >= 4 is 5.91 Å². The summed E-state index contributed by atoms with van der Waals surface area (Å²) < 4.78 is 6.31. The van der Waals surface area contributed by atoms with Gasteiger partial charge in [0.1, 0.15) is 11.9 Å². The Morgan fingerprint density at radius 2 is 2.10 bits per heavy atom. The zero-order valence-corrected chi connectivity index (χ0v) is 19.2. The summed E-state index contributed by atoms with van der Waals surface area (Å²) in [5, 5.41) is 23.8. The topological polar surface area (TPSA) is 78.8 Å². The van der Waals surface area contributed by atoms with Crippen molar-refractivity contribution in [3.63, 3.8) is 0 Å². The van der Waals surface area contributed by atoms with Crippen molar-refractivity contribution < 1.29 is 19.7 Å². The van der Waals surface area contributed by atoms with Gasteiger partial charge in [-0.05, 0) is 38.7 Å². The number of carbonyl (C=O) groups excluding carboxylic acids is 1. The Balaban J connectivity index is 1.65. The first-order chi connectivity index (χ1) is 14.9. The van der Waals surface area contributed by atoms with Crippen molar-refractivity contribution in [2.75, 3.05) is 0 Å². The van der Waals surface area contributed by atoms with E-state index in [9.17, 15) is 15.0 Å². The van der Waals surface area contributed by atoms with Gasteiger partial charge in [0.05, 0.1) is 12.2 Å². The van der Waals surface area contributed by atoms with Gasteiger partial charge in [-0.1, -0.05) is 56.5 Å². The Kier molecular flexibility index (Phi) is 8.56. The van der Waals surface area contributed by atoms with Gasteiger partial charge in [-0.3, -0.25) is 4.79 Å². The third kappa shape index (κ3) is 6.11. The Labute approximate surface area is 186 Å². The SMILES string of the molecule is CCCCC[C@H](O)C=C[C@@H]1[C@H]2c3cccc(CCCC(=O)NC(C)C)c3O[C@H]2C[C@H]1O. The van der Waals surface area contributed by atoms with Gasteiger partial charge in [0.15, 0.2) is 0 Å². The summed E-state index contributed by atoms with van der Waals surface area (Å²) >= 11 is 0. The number of ether oxygens (including phenoxy) is 1. The fourth-order valence-electron chi connectivity index (χ4n) is 4.95. The van der Waals surface area contributed by atoms with Crippen LogP contribution in [0.2, 0.25) is 0 Å². The summed E-state index contributed by atoms with van der Waals surface area (Å²) in [6.45, 7) is 6.10. The summed E-state index contributed by atoms with van der Waals surface area (Å²) in [6, 6.07) is 6.40. The largest absolute Gasteiger partial charge is 0.489 e. The number of aliphatic hydroxyl groups excluding tert-OH is 2. The van der Waals surface area contributed by atoms with Crippen molar-refractivity contribution in [1.29, 1.82) is 0 Å². The molecular formula is C26H39NO4. The summed E-state index contributed by atoms with van der Waals surface area (Å²) in [7, 11) is 0. The van der Waals surface area contributed by atoms with Crippen molar-refractivity contribution in [2.24, 2.45) is 5.92 Å². The van der Waals surface area contributed by atoms with E-state index < -0.39 is 12.2 Å². The van der Waals surface area contributed by atoms with Crippen LogP contribution in [0, 0.1) is 5.92 Å². The second-order valence-corrected chi connectivity index (χ2v) is 9.42. The first kappa shape index (κ1) is 23.8. The Morgan fingerprint density at radius 3 is 2.84 bits per heavy atom. The van der Waals surface area contributed by atoms with Crippen LogP contribution in [-0.2, 0) is 11.2 Å². The molecule has 31 heavy (non-hydrogen) atoms. The average molecular weight is 430 g/mol. The van der Waals surface area contributed by atoms with Gasteiger partial charge < -0.3 is 20.3 Å². The number of benzene rings is 1. The third-order valence-electron chi connectivity index (χ3n) is 6.45. The number of unbranched alkanes of at least 4 members (excludes halogenated alkanes) is 2. The molecule has 1 fully saturated rings. The molecule has 5 nitrogen and oxygen atoms in total. The van der Waals surface area contributed by atoms with Gasteiger partial charge >= 0.3 is 0 Å². The molecule has 0 bridgehead atoms. The van der Waals surface area contributed by atoms with E-state index >= 15 is 0 Å². The monoisotopic (exact) mass is 429 g/mol. The summed E-state index contributed by atoms with van der Waals surface area (Å²) in [5.74, 6) is 1.11. The number of aryl methyl sites for hydroxylation is 1. The number of amides is 1. The first-order valence-electron chi connectivity index (χ1n) is 12.0. The molecule has 3 rings (SSSR count). The minimum atomic E-state index is -0.456. The fourth-order valence-corrected chi connectivity index (χ4v) is 4.95. The minimum Gasteiger partial charge on any atom is -0.489 e. The lowest BCUT2D eigenvalue weighted by atomic mass is 9.86. The number of rotatable bonds is 11. The number of nitrogens with one attached hydrogen (secondary N) is 1. The van der Waals surface area contributed by atoms with Gasteiger partial charge in [-0.25, -0.2) is 0 Å². The number of hydrogen-bond donors (Lipinski definition) is 3. The highest BCUT2D eigenvalue weighted by Crippen LogP contribution is 2.52. The van der Waals surface area contributed by atoms with E-state index in [1.165, 1.54) is 0 Å². The molecule has 0 unspecified atom stereocenters. The van der Waals surface area contributed by atoms with Gasteiger partial charge in [0, 0.05) is 36.3 Å². The molecular weight excluding hydrogens is 390 g/mol. The quantitative estimate of drug-likeness (QED) is 0.363. The van der Waals surface area contributed by atoms with Crippen molar-refractivity contribution in [3.8, 4) is 5.75 Å². The maximum atomic E-state index is 11.9. The number of carbonyl (C=O) groups is 1. The Bertz CT molecular complexity index is 760. The molecule has 2 aliphatic rings. The zero-order valence-electron chi connectivity index (χ0n) is 19.2. The van der Waals surface area contributed by atoms with E-state index in [1.807, 2.05) is 26.0 Å². The average Bonchev–Trinajstić information content (AvgIpc) is 3.21. The summed E-state index contributed by atoms with van der Waals surface area (Å²) in [6.07, 6.45) is 9.69. The summed E-state index contributed by atoms with van der Waals surface area (Å²) in [5.41, 5.74) is 2.29. The normalized spacial score (nSPS) is 25.5. The molecule has 1 aromatic rings. The molecule has 0 spiro atoms. The molecule has 1 aliphatic carbocycles. The van der Waals surface area contributed by atoms with Crippen molar-refractivity contribution in [2.45, 2.75) is 102 Å². The number of hydrogen-bond acceptors (Lipinski definition) is 4. The van der Waals surface area contributed by atoms with Crippen LogP contribution in [0.5, 0.6) is 5.75 Å². The molecule has 0 radical (unpaired) electrons. The molecule has 3 N–H and O–H groups in total. The third-order valence-corrected chi connectivity index (χ3v) is 6.45. The second kappa shape index (κ2) is 11.1. The number of para-hydroxylation sites is 1. The standard InChI is InChI=1S/C26H39NO4/c1-4-5-6-11-19(28)14-15-20-22(29)16-23-25(20)21-12-7-9-18(26(21)31-23)10-8-13-24(30)27-17(2)3/h7,9,12,14-15,17,19-20,22-23,25,28-29H,4-6,8,10-11,13,16H2,1-3H3,(H,27,30)/t19-,20-,22+,23-,25-/m0/s1. The molecule has 5 atom stereocenters. The first-order valence-corrected chi connectivity index (χ1v) is 12.0. The van der Waals surface area contributed by atoms with E-state index in [2.05, 4.69) is 30.4 Å². The summed E-state index contributed by atoms with van der Waals surface area (Å²) in [4.78, 5) is 11.9. The second-order valence-electron chi connectivity index (χ2n) is 9.42. The smallest absolute Gasteiger partial charge is 0.220 e. The molecule has 1 saturated carbocycles. The van der Waals surface area contributed by atoms with E-state index in [4.69, 9.17) is 4.74 Å². The maximum absolute atomic E-state index is 11.9. The van der Waals surface area contributed by atoms with Crippen LogP contribution in [0.25, 0.3) is 0 Å². The van der Waals surface area contributed by atoms with Crippen LogP contribution in [0.15, 0.2) is 30.4 Å². The lowest BCUT2D eigenvalue weighted by Crippen LogP contribution is -2.29. The Morgan fingerprint density at radius 1 is 1.29 bits per heavy atom. The molecule has 1 heterocycles. The lowest BCUT2D eigenvalue weighted by molar-refractivity contribution is -0.121. The molecule has 1 amide bonds. The van der Waals surface area contributed by atoms with Crippen LogP contribution in [0.4, 0.5) is 0 Å². The molecule has 5 heteroatoms. The van der Waals surface area contributed by atoms with Gasteiger partial charge in [0.25, 0.3) is 0 Å². The lowest BCUT2D eigenvalue weighted by Gasteiger charge is -2.18. The number of aliphatic hydroxyl groups is 2. The highest BCUT2D eigenvalue weighted by atomic mass is 16.5. The molecule has 1 aromatic carbocycles. The molecule has 172 valence electrons. The van der Waals surface area contributed by atoms with Crippen LogP contribution in [-0.4, -0.2) is 40.5 Å². The van der Waals surface area contributed by atoms with Crippen molar-refractivity contribution in [1.82, 2.24) is 5.32 Å². The highest BCUT2D eigenvalue weighted by Gasteiger charge is 2.48. The molecule has 0 aromatic heterocycles. The molecule has 1 aliphatic heterocycles. The van der Waals surface area contributed by atoms with Crippen molar-refractivity contribution in [3.05, 3.63) is 41.5 Å². The van der Waals surface area contributed by atoms with Gasteiger partial charge in [-0.15, -0.1) is 0 Å². The maximum Gasteiger partial charge on any atom is 0.220 e. The van der Waals surface area contributed by atoms with E-state index in [0.29, 0.717) is 12.8 Å². The Hall–Kier alpha value is -1.85. The predicted molar refractivity (Wildman–Crippen MR) is 123 cm³/mol. The van der Waals surface area contributed by atoms with Gasteiger partial charge in [-0.2, -0.15) is 0 Å².